The van der Waals surface area contributed by atoms with Crippen LogP contribution in [0.2, 0.25) is 0 Å². The van der Waals surface area contributed by atoms with Gasteiger partial charge in [0.25, 0.3) is 0 Å². The normalized spacial score (nSPS) is 18.6. The van der Waals surface area contributed by atoms with Gasteiger partial charge in [0.05, 0.1) is 12.5 Å². The third kappa shape index (κ3) is 5.65. The van der Waals surface area contributed by atoms with E-state index in [1.165, 1.54) is 5.56 Å². The van der Waals surface area contributed by atoms with Crippen molar-refractivity contribution < 1.29 is 9.59 Å². The topological polar surface area (TPSA) is 87.5 Å². The Hall–Kier alpha value is -1.92. The van der Waals surface area contributed by atoms with E-state index >= 15 is 0 Å². The number of nitrogens with one attached hydrogen (secondary N) is 2. The molecular formula is C17H26N4O2. The summed E-state index contributed by atoms with van der Waals surface area (Å²) in [6.07, 6.45) is 1.90. The quantitative estimate of drug-likeness (QED) is 0.671. The molecule has 2 rings (SSSR count). The fourth-order valence-corrected chi connectivity index (χ4v) is 2.95. The lowest BCUT2D eigenvalue weighted by molar-refractivity contribution is -0.123. The molecule has 0 bridgehead atoms. The van der Waals surface area contributed by atoms with Crippen LogP contribution in [-0.4, -0.2) is 43.4 Å². The molecule has 126 valence electrons. The highest BCUT2D eigenvalue weighted by molar-refractivity contribution is 5.78. The van der Waals surface area contributed by atoms with Gasteiger partial charge in [-0.2, -0.15) is 0 Å². The third-order valence-electron chi connectivity index (χ3n) is 4.13. The average molecular weight is 318 g/mol. The van der Waals surface area contributed by atoms with Crippen LogP contribution in [0.5, 0.6) is 0 Å². The predicted molar refractivity (Wildman–Crippen MR) is 89.4 cm³/mol. The van der Waals surface area contributed by atoms with E-state index in [2.05, 4.69) is 27.7 Å². The number of hydrogen-bond donors (Lipinski definition) is 3. The second-order valence-corrected chi connectivity index (χ2v) is 6.10. The molecule has 0 saturated carbocycles. The monoisotopic (exact) mass is 318 g/mol. The van der Waals surface area contributed by atoms with Crippen molar-refractivity contribution in [3.05, 3.63) is 35.4 Å². The predicted octanol–water partition coefficient (Wildman–Crippen LogP) is 0.220. The average Bonchev–Trinajstić information content (AvgIpc) is 2.54. The lowest BCUT2D eigenvalue weighted by atomic mass is 9.97. The molecule has 1 aliphatic rings. The number of hydrogen-bond acceptors (Lipinski definition) is 4. The Labute approximate surface area is 137 Å². The van der Waals surface area contributed by atoms with Gasteiger partial charge in [0, 0.05) is 19.6 Å². The molecule has 1 aromatic carbocycles. The van der Waals surface area contributed by atoms with Gasteiger partial charge in [-0.1, -0.05) is 24.3 Å². The molecule has 4 N–H and O–H groups in total. The van der Waals surface area contributed by atoms with Crippen molar-refractivity contribution >= 4 is 11.8 Å². The molecule has 1 aliphatic heterocycles. The first-order chi connectivity index (χ1) is 11.1. The number of primary amides is 1. The number of nitrogens with two attached hydrogens (primary N) is 1. The van der Waals surface area contributed by atoms with Gasteiger partial charge in [-0.05, 0) is 37.6 Å². The molecule has 0 spiro atoms. The maximum atomic E-state index is 11.5. The number of carbonyl (C=O) groups excluding carboxylic acids is 2. The number of likely N-dealkylation sites (tertiary alicyclic amines) is 1. The highest BCUT2D eigenvalue weighted by Crippen LogP contribution is 2.18. The lowest BCUT2D eigenvalue weighted by Gasteiger charge is -2.31. The van der Waals surface area contributed by atoms with Crippen LogP contribution in [0.1, 0.15) is 24.0 Å². The number of rotatable bonds is 7. The molecule has 2 amide bonds. The molecule has 6 heteroatoms. The summed E-state index contributed by atoms with van der Waals surface area (Å²) < 4.78 is 0. The largest absolute Gasteiger partial charge is 0.369 e. The minimum atomic E-state index is -0.198. The minimum Gasteiger partial charge on any atom is -0.369 e. The second-order valence-electron chi connectivity index (χ2n) is 6.10. The van der Waals surface area contributed by atoms with Crippen LogP contribution < -0.4 is 16.4 Å². The van der Waals surface area contributed by atoms with Crippen LogP contribution in [0.15, 0.2) is 24.3 Å². The Morgan fingerprint density at radius 2 is 2.13 bits per heavy atom. The van der Waals surface area contributed by atoms with Crippen molar-refractivity contribution in [2.45, 2.75) is 25.9 Å². The van der Waals surface area contributed by atoms with Gasteiger partial charge in [0.15, 0.2) is 0 Å². The van der Waals surface area contributed by atoms with Gasteiger partial charge in [-0.25, -0.2) is 0 Å². The van der Waals surface area contributed by atoms with Crippen LogP contribution >= 0.6 is 0 Å². The molecule has 0 aliphatic carbocycles. The SMILES string of the molecule is CNCC(=O)NCc1cccc(CN2CCCC(C(N)=O)C2)c1. The zero-order valence-electron chi connectivity index (χ0n) is 13.7. The third-order valence-corrected chi connectivity index (χ3v) is 4.13. The second kappa shape index (κ2) is 8.64. The van der Waals surface area contributed by atoms with Crippen molar-refractivity contribution in [3.8, 4) is 0 Å². The standard InChI is InChI=1S/C17H26N4O2/c1-19-10-16(22)20-9-13-4-2-5-14(8-13)11-21-7-3-6-15(12-21)17(18)23/h2,4-5,8,15,19H,3,6-7,9-12H2,1H3,(H2,18,23)(H,20,22). The highest BCUT2D eigenvalue weighted by Gasteiger charge is 2.23. The summed E-state index contributed by atoms with van der Waals surface area (Å²) in [7, 11) is 1.75. The Kier molecular flexibility index (Phi) is 6.55. The van der Waals surface area contributed by atoms with Crippen LogP contribution in [-0.2, 0) is 22.7 Å². The summed E-state index contributed by atoms with van der Waals surface area (Å²) in [6.45, 7) is 3.38. The Morgan fingerprint density at radius 3 is 2.87 bits per heavy atom. The van der Waals surface area contributed by atoms with E-state index in [-0.39, 0.29) is 17.7 Å². The fourth-order valence-electron chi connectivity index (χ4n) is 2.95. The highest BCUT2D eigenvalue weighted by atomic mass is 16.2. The van der Waals surface area contributed by atoms with E-state index < -0.39 is 0 Å². The van der Waals surface area contributed by atoms with Gasteiger partial charge in [0.2, 0.25) is 11.8 Å². The number of carbonyl (C=O) groups is 2. The van der Waals surface area contributed by atoms with E-state index in [9.17, 15) is 9.59 Å². The Bertz CT molecular complexity index is 547. The molecule has 1 saturated heterocycles. The molecule has 1 heterocycles. The van der Waals surface area contributed by atoms with Crippen molar-refractivity contribution in [1.29, 1.82) is 0 Å². The van der Waals surface area contributed by atoms with Crippen molar-refractivity contribution in [1.82, 2.24) is 15.5 Å². The smallest absolute Gasteiger partial charge is 0.234 e. The van der Waals surface area contributed by atoms with Crippen molar-refractivity contribution in [3.63, 3.8) is 0 Å². The summed E-state index contributed by atoms with van der Waals surface area (Å²) >= 11 is 0. The molecule has 0 aromatic heterocycles. The molecule has 1 unspecified atom stereocenters. The van der Waals surface area contributed by atoms with Gasteiger partial charge >= 0.3 is 0 Å². The maximum absolute atomic E-state index is 11.5. The van der Waals surface area contributed by atoms with Crippen molar-refractivity contribution in [2.75, 3.05) is 26.7 Å². The molecule has 1 aromatic rings. The maximum Gasteiger partial charge on any atom is 0.234 e. The molecule has 1 fully saturated rings. The summed E-state index contributed by atoms with van der Waals surface area (Å²) in [5, 5.41) is 5.70. The van der Waals surface area contributed by atoms with E-state index in [4.69, 9.17) is 5.73 Å². The zero-order chi connectivity index (χ0) is 16.7. The van der Waals surface area contributed by atoms with Gasteiger partial charge in [0.1, 0.15) is 0 Å². The van der Waals surface area contributed by atoms with Crippen LogP contribution in [0.4, 0.5) is 0 Å². The molecule has 6 nitrogen and oxygen atoms in total. The first-order valence-corrected chi connectivity index (χ1v) is 8.09. The Morgan fingerprint density at radius 1 is 1.35 bits per heavy atom. The van der Waals surface area contributed by atoms with Gasteiger partial charge in [-0.15, -0.1) is 0 Å². The summed E-state index contributed by atoms with van der Waals surface area (Å²) in [5.41, 5.74) is 7.70. The summed E-state index contributed by atoms with van der Waals surface area (Å²) in [4.78, 5) is 25.1. The Balaban J connectivity index is 1.89. The number of nitrogens with zero attached hydrogens (tertiary/aromatic N) is 1. The van der Waals surface area contributed by atoms with Crippen LogP contribution in [0, 0.1) is 5.92 Å². The number of amides is 2. The summed E-state index contributed by atoms with van der Waals surface area (Å²) in [6, 6.07) is 8.19. The molecule has 0 radical (unpaired) electrons. The summed E-state index contributed by atoms with van der Waals surface area (Å²) in [5.74, 6) is -0.248. The first-order valence-electron chi connectivity index (χ1n) is 8.09. The number of piperidine rings is 1. The molecule has 23 heavy (non-hydrogen) atoms. The van der Waals surface area contributed by atoms with Crippen molar-refractivity contribution in [2.24, 2.45) is 11.7 Å². The van der Waals surface area contributed by atoms with Crippen LogP contribution in [0.3, 0.4) is 0 Å². The van der Waals surface area contributed by atoms with E-state index in [0.29, 0.717) is 13.1 Å². The lowest BCUT2D eigenvalue weighted by Crippen LogP contribution is -2.40. The molecular weight excluding hydrogens is 292 g/mol. The van der Waals surface area contributed by atoms with E-state index in [1.54, 1.807) is 7.05 Å². The number of likely N-dealkylation sites (N-methyl/N-ethyl adjacent to an activating group) is 1. The first kappa shape index (κ1) is 17.4. The number of benzene rings is 1. The fraction of sp³-hybridized carbons (Fsp3) is 0.529. The molecule has 1 atom stereocenters. The minimum absolute atomic E-state index is 0.0155. The van der Waals surface area contributed by atoms with Crippen LogP contribution in [0.25, 0.3) is 0 Å². The van der Waals surface area contributed by atoms with E-state index in [0.717, 1.165) is 38.0 Å². The van der Waals surface area contributed by atoms with E-state index in [1.807, 2.05) is 12.1 Å². The zero-order valence-corrected chi connectivity index (χ0v) is 13.7. The van der Waals surface area contributed by atoms with Gasteiger partial charge < -0.3 is 16.4 Å². The van der Waals surface area contributed by atoms with Gasteiger partial charge in [-0.3, -0.25) is 14.5 Å².